The van der Waals surface area contributed by atoms with E-state index in [4.69, 9.17) is 5.14 Å². The van der Waals surface area contributed by atoms with Crippen molar-refractivity contribution in [2.75, 3.05) is 0 Å². The molecule has 1 atom stereocenters. The molecule has 2 N–H and O–H groups in total. The number of alkyl halides is 6. The second-order valence-electron chi connectivity index (χ2n) is 8.07. The van der Waals surface area contributed by atoms with Crippen LogP contribution < -0.4 is 14.6 Å². The number of rotatable bonds is 10. The molecule has 0 aromatic heterocycles. The molecule has 33 heavy (non-hydrogen) atoms. The summed E-state index contributed by atoms with van der Waals surface area (Å²) in [6.07, 6.45) is -7.96. The Balaban J connectivity index is 2.11. The zero-order valence-corrected chi connectivity index (χ0v) is 18.8. The molecule has 0 heterocycles. The summed E-state index contributed by atoms with van der Waals surface area (Å²) in [5, 5.41) is 5.68. The minimum absolute atomic E-state index is 0.234. The topological polar surface area (TPSA) is 61.6 Å². The summed E-state index contributed by atoms with van der Waals surface area (Å²) in [4.78, 5) is 0. The molecule has 2 aromatic rings. The number of ether oxygens (including phenoxy) is 2. The van der Waals surface area contributed by atoms with Crippen LogP contribution in [-0.2, 0) is 23.8 Å². The molecule has 2 rings (SSSR count). The van der Waals surface area contributed by atoms with Crippen LogP contribution in [0.1, 0.15) is 37.8 Å². The summed E-state index contributed by atoms with van der Waals surface area (Å²) < 4.78 is 94.0. The van der Waals surface area contributed by atoms with Crippen LogP contribution in [0.3, 0.4) is 0 Å². The highest BCUT2D eigenvalue weighted by atomic mass is 32.2. The van der Waals surface area contributed by atoms with Crippen LogP contribution >= 0.6 is 0 Å². The Morgan fingerprint density at radius 3 is 1.55 bits per heavy atom. The highest BCUT2D eigenvalue weighted by Crippen LogP contribution is 2.32. The molecular weight excluding hydrogens is 472 g/mol. The van der Waals surface area contributed by atoms with Gasteiger partial charge in [0.25, 0.3) is 0 Å². The molecule has 0 radical (unpaired) electrons. The molecule has 0 fully saturated rings. The lowest BCUT2D eigenvalue weighted by Gasteiger charge is -2.32. The van der Waals surface area contributed by atoms with Crippen molar-refractivity contribution >= 4 is 11.0 Å². The van der Waals surface area contributed by atoms with Crippen LogP contribution in [0.4, 0.5) is 26.3 Å². The first-order valence-corrected chi connectivity index (χ1v) is 11.2. The second-order valence-corrected chi connectivity index (χ2v) is 9.71. The Morgan fingerprint density at radius 2 is 1.21 bits per heavy atom. The third-order valence-corrected chi connectivity index (χ3v) is 6.70. The molecule has 0 saturated carbocycles. The van der Waals surface area contributed by atoms with E-state index in [1.165, 1.54) is 36.4 Å². The largest absolute Gasteiger partial charge is 0.573 e. The van der Waals surface area contributed by atoms with E-state index < -0.39 is 28.5 Å². The van der Waals surface area contributed by atoms with Crippen molar-refractivity contribution in [2.45, 2.75) is 57.0 Å². The fraction of sp³-hybridized carbons (Fsp3) is 0.455. The predicted octanol–water partition coefficient (Wildman–Crippen LogP) is 6.07. The molecule has 1 unspecified atom stereocenters. The highest BCUT2D eigenvalue weighted by Gasteiger charge is 2.34. The van der Waals surface area contributed by atoms with E-state index in [1.54, 1.807) is 26.0 Å². The molecule has 2 aromatic carbocycles. The average Bonchev–Trinajstić information content (AvgIpc) is 2.65. The first kappa shape index (κ1) is 27.0. The standard InChI is InChI=1S/C22H25F6NO3S/c1-20(2,33(29)30)17(11-9-15-5-3-7-18(13-15)31-21(23,24)25)12-10-16-6-4-8-19(14-16)32-22(26,27)28/h3-8,13-14,17H,9-12,29H2,1-2H3. The lowest BCUT2D eigenvalue weighted by atomic mass is 9.84. The average molecular weight is 498 g/mol. The van der Waals surface area contributed by atoms with Crippen LogP contribution in [0.5, 0.6) is 11.5 Å². The van der Waals surface area contributed by atoms with Crippen LogP contribution in [0.2, 0.25) is 0 Å². The molecule has 0 aliphatic rings. The fourth-order valence-corrected chi connectivity index (χ4v) is 4.05. The van der Waals surface area contributed by atoms with E-state index in [9.17, 15) is 30.6 Å². The van der Waals surface area contributed by atoms with Gasteiger partial charge in [0.15, 0.2) is 0 Å². The molecule has 0 amide bonds. The van der Waals surface area contributed by atoms with Gasteiger partial charge in [-0.25, -0.2) is 4.21 Å². The van der Waals surface area contributed by atoms with Gasteiger partial charge in [-0.15, -0.1) is 26.3 Å². The third-order valence-electron chi connectivity index (χ3n) is 5.33. The third kappa shape index (κ3) is 9.24. The summed E-state index contributed by atoms with van der Waals surface area (Å²) in [5.74, 6) is -0.901. The minimum atomic E-state index is -4.80. The maximum absolute atomic E-state index is 12.5. The number of aryl methyl sites for hydroxylation is 2. The molecule has 11 heteroatoms. The zero-order valence-electron chi connectivity index (χ0n) is 18.0. The number of hydrogen-bond acceptors (Lipinski definition) is 3. The molecule has 0 spiro atoms. The first-order chi connectivity index (χ1) is 15.2. The summed E-state index contributed by atoms with van der Waals surface area (Å²) in [6.45, 7) is 3.44. The van der Waals surface area contributed by atoms with Crippen LogP contribution in [-0.4, -0.2) is 21.7 Å². The van der Waals surface area contributed by atoms with E-state index in [1.807, 2.05) is 0 Å². The van der Waals surface area contributed by atoms with Crippen molar-refractivity contribution < 1.29 is 40.0 Å². The molecule has 0 aliphatic heterocycles. The minimum Gasteiger partial charge on any atom is -0.406 e. The van der Waals surface area contributed by atoms with Crippen molar-refractivity contribution in [2.24, 2.45) is 11.1 Å². The van der Waals surface area contributed by atoms with Gasteiger partial charge < -0.3 is 9.47 Å². The Bertz CT molecular complexity index is 883. The first-order valence-electron chi connectivity index (χ1n) is 10.0. The van der Waals surface area contributed by atoms with Gasteiger partial charge in [0.1, 0.15) is 11.5 Å². The van der Waals surface area contributed by atoms with Gasteiger partial charge in [-0.1, -0.05) is 24.3 Å². The van der Waals surface area contributed by atoms with E-state index in [-0.39, 0.29) is 17.4 Å². The fourth-order valence-electron chi connectivity index (χ4n) is 3.48. The highest BCUT2D eigenvalue weighted by molar-refractivity contribution is 7.84. The van der Waals surface area contributed by atoms with Gasteiger partial charge in [0.2, 0.25) is 0 Å². The molecule has 0 saturated heterocycles. The Kier molecular flexibility index (Phi) is 8.81. The monoisotopic (exact) mass is 497 g/mol. The smallest absolute Gasteiger partial charge is 0.406 e. The molecule has 0 aliphatic carbocycles. The summed E-state index contributed by atoms with van der Waals surface area (Å²) in [5.41, 5.74) is 1.20. The van der Waals surface area contributed by atoms with Gasteiger partial charge in [-0.3, -0.25) is 5.14 Å². The number of hydrogen-bond donors (Lipinski definition) is 1. The van der Waals surface area contributed by atoms with Crippen molar-refractivity contribution in [3.63, 3.8) is 0 Å². The SMILES string of the molecule is CC(C)(C(CCc1cccc(OC(F)(F)F)c1)CCc1cccc(OC(F)(F)F)c1)S(N)=O. The van der Waals surface area contributed by atoms with E-state index in [0.29, 0.717) is 36.8 Å². The zero-order chi connectivity index (χ0) is 24.9. The number of benzene rings is 2. The number of nitrogens with two attached hydrogens (primary N) is 1. The molecule has 184 valence electrons. The van der Waals surface area contributed by atoms with Crippen molar-refractivity contribution in [1.29, 1.82) is 0 Å². The van der Waals surface area contributed by atoms with Crippen molar-refractivity contribution in [1.82, 2.24) is 0 Å². The second kappa shape index (κ2) is 10.8. The summed E-state index contributed by atoms with van der Waals surface area (Å²) in [7, 11) is -1.70. The maximum atomic E-state index is 12.5. The van der Waals surface area contributed by atoms with Crippen LogP contribution in [0.15, 0.2) is 48.5 Å². The normalized spacial score (nSPS) is 13.8. The summed E-state index contributed by atoms with van der Waals surface area (Å²) in [6, 6.07) is 11.2. The van der Waals surface area contributed by atoms with E-state index >= 15 is 0 Å². The number of halogens is 6. The van der Waals surface area contributed by atoms with Gasteiger partial charge in [-0.05, 0) is 80.8 Å². The lowest BCUT2D eigenvalue weighted by Crippen LogP contribution is -2.40. The van der Waals surface area contributed by atoms with Crippen LogP contribution in [0.25, 0.3) is 0 Å². The molecular formula is C22H25F6NO3S. The predicted molar refractivity (Wildman–Crippen MR) is 113 cm³/mol. The van der Waals surface area contributed by atoms with Crippen molar-refractivity contribution in [3.05, 3.63) is 59.7 Å². The van der Waals surface area contributed by atoms with Gasteiger partial charge in [-0.2, -0.15) is 0 Å². The molecule has 0 bridgehead atoms. The Labute approximate surface area is 190 Å². The van der Waals surface area contributed by atoms with Gasteiger partial charge >= 0.3 is 12.7 Å². The quantitative estimate of drug-likeness (QED) is 0.406. The Hall–Kier alpha value is -2.27. The van der Waals surface area contributed by atoms with E-state index in [0.717, 1.165) is 0 Å². The lowest BCUT2D eigenvalue weighted by molar-refractivity contribution is -0.275. The summed E-state index contributed by atoms with van der Waals surface area (Å²) >= 11 is 0. The van der Waals surface area contributed by atoms with E-state index in [2.05, 4.69) is 9.47 Å². The molecule has 4 nitrogen and oxygen atoms in total. The van der Waals surface area contributed by atoms with Gasteiger partial charge in [0.05, 0.1) is 15.7 Å². The Morgan fingerprint density at radius 1 is 0.818 bits per heavy atom. The van der Waals surface area contributed by atoms with Gasteiger partial charge in [0, 0.05) is 0 Å². The maximum Gasteiger partial charge on any atom is 0.573 e. The van der Waals surface area contributed by atoms with Crippen LogP contribution in [0, 0.1) is 5.92 Å². The van der Waals surface area contributed by atoms with Crippen molar-refractivity contribution in [3.8, 4) is 11.5 Å².